The number of aryl methyl sites for hydroxylation is 1. The molecule has 1 aromatic heterocycles. The van der Waals surface area contributed by atoms with E-state index in [1.54, 1.807) is 6.26 Å². The second kappa shape index (κ2) is 8.73. The summed E-state index contributed by atoms with van der Waals surface area (Å²) < 4.78 is 10.8. The van der Waals surface area contributed by atoms with Crippen LogP contribution in [-0.4, -0.2) is 24.5 Å². The van der Waals surface area contributed by atoms with Crippen LogP contribution in [0.1, 0.15) is 22.3 Å². The van der Waals surface area contributed by atoms with E-state index in [0.717, 1.165) is 34.4 Å². The lowest BCUT2D eigenvalue weighted by atomic mass is 9.97. The fourth-order valence-electron chi connectivity index (χ4n) is 2.92. The van der Waals surface area contributed by atoms with E-state index in [0.29, 0.717) is 30.3 Å². The first kappa shape index (κ1) is 19.0. The van der Waals surface area contributed by atoms with Crippen molar-refractivity contribution in [2.24, 2.45) is 0 Å². The number of nitrogens with zero attached hydrogens (tertiary/aromatic N) is 1. The molecule has 1 amide bonds. The molecule has 27 heavy (non-hydrogen) atoms. The number of hydrogen-bond acceptors (Lipinski definition) is 4. The lowest BCUT2D eigenvalue weighted by Crippen LogP contribution is -2.19. The molecule has 5 nitrogen and oxygen atoms in total. The van der Waals surface area contributed by atoms with E-state index in [-0.39, 0.29) is 0 Å². The smallest absolute Gasteiger partial charge is 0.207 e. The Kier molecular flexibility index (Phi) is 6.14. The minimum absolute atomic E-state index is 0.377. The van der Waals surface area contributed by atoms with Gasteiger partial charge in [0.05, 0.1) is 11.6 Å². The van der Waals surface area contributed by atoms with Gasteiger partial charge in [0.2, 0.25) is 6.41 Å². The maximum Gasteiger partial charge on any atom is 0.207 e. The van der Waals surface area contributed by atoms with Crippen molar-refractivity contribution in [2.45, 2.75) is 20.3 Å². The van der Waals surface area contributed by atoms with Gasteiger partial charge in [-0.2, -0.15) is 0 Å². The van der Waals surface area contributed by atoms with Crippen molar-refractivity contribution < 1.29 is 13.9 Å². The summed E-state index contributed by atoms with van der Waals surface area (Å²) in [4.78, 5) is 14.5. The molecule has 1 heterocycles. The molecule has 3 rings (SSSR count). The Morgan fingerprint density at radius 3 is 2.70 bits per heavy atom. The second-order valence-corrected chi connectivity index (χ2v) is 6.67. The highest BCUT2D eigenvalue weighted by Crippen LogP contribution is 2.35. The van der Waals surface area contributed by atoms with E-state index < -0.39 is 0 Å². The maximum atomic E-state index is 10.3. The molecule has 140 valence electrons. The Morgan fingerprint density at radius 2 is 2.04 bits per heavy atom. The lowest BCUT2D eigenvalue weighted by Gasteiger charge is -2.16. The number of rotatable bonds is 8. The van der Waals surface area contributed by atoms with Crippen molar-refractivity contribution in [3.63, 3.8) is 0 Å². The molecular formula is C21H21ClN2O3. The van der Waals surface area contributed by atoms with E-state index in [1.807, 2.05) is 26.0 Å². The number of amides is 1. The van der Waals surface area contributed by atoms with E-state index in [9.17, 15) is 4.79 Å². The van der Waals surface area contributed by atoms with Crippen LogP contribution >= 0.6 is 11.6 Å². The number of aromatic nitrogens is 1. The summed E-state index contributed by atoms with van der Waals surface area (Å²) >= 11 is 6.54. The first-order chi connectivity index (χ1) is 13.1. The molecule has 1 N–H and O–H groups in total. The quantitative estimate of drug-likeness (QED) is 0.464. The number of oxazole rings is 1. The van der Waals surface area contributed by atoms with Crippen LogP contribution < -0.4 is 10.1 Å². The average Bonchev–Trinajstić information content (AvgIpc) is 3.21. The predicted octanol–water partition coefficient (Wildman–Crippen LogP) is 4.33. The predicted molar refractivity (Wildman–Crippen MR) is 105 cm³/mol. The molecule has 0 saturated heterocycles. The summed E-state index contributed by atoms with van der Waals surface area (Å²) in [6, 6.07) is 10.3. The van der Waals surface area contributed by atoms with Gasteiger partial charge in [-0.3, -0.25) is 4.79 Å². The van der Waals surface area contributed by atoms with Crippen LogP contribution in [0.15, 0.2) is 47.4 Å². The fourth-order valence-corrected chi connectivity index (χ4v) is 3.24. The third kappa shape index (κ3) is 4.49. The number of carbonyl (C=O) groups excluding carboxylic acids is 1. The molecule has 0 fully saturated rings. The minimum Gasteiger partial charge on any atom is -0.490 e. The topological polar surface area (TPSA) is 64.4 Å². The molecule has 0 aliphatic rings. The van der Waals surface area contributed by atoms with E-state index in [4.69, 9.17) is 20.8 Å². The van der Waals surface area contributed by atoms with Crippen LogP contribution in [-0.2, 0) is 11.2 Å². The van der Waals surface area contributed by atoms with Gasteiger partial charge >= 0.3 is 0 Å². The van der Waals surface area contributed by atoms with Gasteiger partial charge in [-0.05, 0) is 42.5 Å². The highest BCUT2D eigenvalue weighted by molar-refractivity contribution is 6.33. The standard InChI is InChI=1S/C21H21ClN2O3/c1-14-9-18(15(2)20(22)21(14)27-8-7-23-12-25)10-16-3-5-17(6-4-16)19-11-26-13-24-19/h3-6,9,11-13H,7-8,10H2,1-2H3,(H,23,25). The largest absolute Gasteiger partial charge is 0.490 e. The normalized spacial score (nSPS) is 10.6. The first-order valence-electron chi connectivity index (χ1n) is 8.66. The summed E-state index contributed by atoms with van der Waals surface area (Å²) in [6.07, 6.45) is 4.49. The minimum atomic E-state index is 0.377. The summed E-state index contributed by atoms with van der Waals surface area (Å²) in [7, 11) is 0. The van der Waals surface area contributed by atoms with Gasteiger partial charge in [0.1, 0.15) is 24.3 Å². The summed E-state index contributed by atoms with van der Waals surface area (Å²) in [5, 5.41) is 3.19. The molecule has 0 unspecified atom stereocenters. The Hall–Kier alpha value is -2.79. The number of nitrogens with one attached hydrogen (secondary N) is 1. The van der Waals surface area contributed by atoms with E-state index in [1.165, 1.54) is 12.0 Å². The highest BCUT2D eigenvalue weighted by Gasteiger charge is 2.14. The number of benzene rings is 2. The molecule has 6 heteroatoms. The van der Waals surface area contributed by atoms with Gasteiger partial charge in [0, 0.05) is 5.56 Å². The van der Waals surface area contributed by atoms with Crippen molar-refractivity contribution in [3.8, 4) is 17.0 Å². The summed E-state index contributed by atoms with van der Waals surface area (Å²) in [6.45, 7) is 4.79. The molecule has 3 aromatic rings. The van der Waals surface area contributed by atoms with Gasteiger partial charge in [0.15, 0.2) is 6.39 Å². The van der Waals surface area contributed by atoms with E-state index in [2.05, 4.69) is 28.5 Å². The van der Waals surface area contributed by atoms with Crippen molar-refractivity contribution in [1.29, 1.82) is 0 Å². The van der Waals surface area contributed by atoms with Gasteiger partial charge in [-0.15, -0.1) is 0 Å². The number of ether oxygens (including phenoxy) is 1. The Labute approximate surface area is 163 Å². The van der Waals surface area contributed by atoms with Crippen molar-refractivity contribution in [1.82, 2.24) is 10.3 Å². The van der Waals surface area contributed by atoms with Crippen LogP contribution in [0.5, 0.6) is 5.75 Å². The third-order valence-corrected chi connectivity index (χ3v) is 4.87. The molecule has 0 atom stereocenters. The Bertz CT molecular complexity index is 906. The second-order valence-electron chi connectivity index (χ2n) is 6.29. The van der Waals surface area contributed by atoms with Crippen molar-refractivity contribution in [3.05, 3.63) is 70.3 Å². The number of carbonyl (C=O) groups is 1. The van der Waals surface area contributed by atoms with Crippen molar-refractivity contribution >= 4 is 18.0 Å². The van der Waals surface area contributed by atoms with Crippen LogP contribution in [0.2, 0.25) is 5.02 Å². The Morgan fingerprint density at radius 1 is 1.26 bits per heavy atom. The number of halogens is 1. The molecule has 0 bridgehead atoms. The average molecular weight is 385 g/mol. The van der Waals surface area contributed by atoms with Gasteiger partial charge < -0.3 is 14.5 Å². The van der Waals surface area contributed by atoms with Gasteiger partial charge in [-0.1, -0.05) is 41.9 Å². The zero-order chi connectivity index (χ0) is 19.2. The van der Waals surface area contributed by atoms with Crippen molar-refractivity contribution in [2.75, 3.05) is 13.2 Å². The van der Waals surface area contributed by atoms with Crippen LogP contribution in [0.25, 0.3) is 11.3 Å². The lowest BCUT2D eigenvalue weighted by molar-refractivity contribution is -0.109. The monoisotopic (exact) mass is 384 g/mol. The maximum absolute atomic E-state index is 10.3. The molecular weight excluding hydrogens is 364 g/mol. The zero-order valence-electron chi connectivity index (χ0n) is 15.3. The Balaban J connectivity index is 1.76. The molecule has 0 aliphatic carbocycles. The van der Waals surface area contributed by atoms with Gasteiger partial charge in [-0.25, -0.2) is 4.98 Å². The molecule has 0 aliphatic heterocycles. The molecule has 2 aromatic carbocycles. The van der Waals surface area contributed by atoms with Crippen LogP contribution in [0.4, 0.5) is 0 Å². The number of hydrogen-bond donors (Lipinski definition) is 1. The van der Waals surface area contributed by atoms with Crippen LogP contribution in [0.3, 0.4) is 0 Å². The molecule has 0 spiro atoms. The van der Waals surface area contributed by atoms with E-state index >= 15 is 0 Å². The van der Waals surface area contributed by atoms with Crippen LogP contribution in [0, 0.1) is 13.8 Å². The third-order valence-electron chi connectivity index (χ3n) is 4.41. The summed E-state index contributed by atoms with van der Waals surface area (Å²) in [5.74, 6) is 0.673. The molecule has 0 saturated carbocycles. The highest BCUT2D eigenvalue weighted by atomic mass is 35.5. The summed E-state index contributed by atoms with van der Waals surface area (Å²) in [5.41, 5.74) is 6.16. The SMILES string of the molecule is Cc1cc(Cc2ccc(-c3cocn3)cc2)c(C)c(Cl)c1OCCNC=O. The zero-order valence-corrected chi connectivity index (χ0v) is 16.0. The molecule has 0 radical (unpaired) electrons. The van der Waals surface area contributed by atoms with Gasteiger partial charge in [0.25, 0.3) is 0 Å². The fraction of sp³-hybridized carbons (Fsp3) is 0.238. The first-order valence-corrected chi connectivity index (χ1v) is 9.04.